The highest BCUT2D eigenvalue weighted by molar-refractivity contribution is 6.28. The van der Waals surface area contributed by atoms with Gasteiger partial charge in [0.1, 0.15) is 0 Å². The first kappa shape index (κ1) is 13.3. The lowest BCUT2D eigenvalue weighted by molar-refractivity contribution is 0.567. The van der Waals surface area contributed by atoms with E-state index in [1.165, 1.54) is 19.3 Å². The second-order valence-corrected chi connectivity index (χ2v) is 5.20. The third kappa shape index (κ3) is 2.75. The fourth-order valence-electron chi connectivity index (χ4n) is 2.36. The standard InChI is InChI=1S/C13H17ClN6/c1-2-20-9-10(8-15-20)11-16-12(14)18-13(17-11)19-6-4-3-5-7-19/h8-9H,2-7H2,1H3. The van der Waals surface area contributed by atoms with Gasteiger partial charge in [0.2, 0.25) is 11.2 Å². The predicted molar refractivity (Wildman–Crippen MR) is 77.8 cm³/mol. The average molecular weight is 293 g/mol. The predicted octanol–water partition coefficient (Wildman–Crippen LogP) is 2.40. The monoisotopic (exact) mass is 292 g/mol. The lowest BCUT2D eigenvalue weighted by Gasteiger charge is -2.26. The largest absolute Gasteiger partial charge is 0.341 e. The Morgan fingerprint density at radius 1 is 1.15 bits per heavy atom. The van der Waals surface area contributed by atoms with Gasteiger partial charge in [-0.3, -0.25) is 4.68 Å². The van der Waals surface area contributed by atoms with Gasteiger partial charge in [0.15, 0.2) is 5.82 Å². The summed E-state index contributed by atoms with van der Waals surface area (Å²) < 4.78 is 1.84. The summed E-state index contributed by atoms with van der Waals surface area (Å²) in [7, 11) is 0. The zero-order chi connectivity index (χ0) is 13.9. The van der Waals surface area contributed by atoms with E-state index in [4.69, 9.17) is 11.6 Å². The normalized spacial score (nSPS) is 15.6. The number of hydrogen-bond acceptors (Lipinski definition) is 5. The van der Waals surface area contributed by atoms with E-state index in [0.717, 1.165) is 25.2 Å². The highest BCUT2D eigenvalue weighted by Gasteiger charge is 2.16. The molecule has 3 heterocycles. The molecule has 7 heteroatoms. The van der Waals surface area contributed by atoms with Crippen LogP contribution in [0.4, 0.5) is 5.95 Å². The van der Waals surface area contributed by atoms with Crippen LogP contribution in [-0.4, -0.2) is 37.8 Å². The van der Waals surface area contributed by atoms with Gasteiger partial charge in [-0.15, -0.1) is 0 Å². The van der Waals surface area contributed by atoms with Crippen LogP contribution >= 0.6 is 11.6 Å². The van der Waals surface area contributed by atoms with E-state index >= 15 is 0 Å². The molecule has 1 aliphatic heterocycles. The van der Waals surface area contributed by atoms with Crippen LogP contribution in [0.15, 0.2) is 12.4 Å². The van der Waals surface area contributed by atoms with Crippen molar-refractivity contribution < 1.29 is 0 Å². The molecule has 106 valence electrons. The molecular formula is C13H17ClN6. The van der Waals surface area contributed by atoms with Crippen LogP contribution in [0.2, 0.25) is 5.28 Å². The van der Waals surface area contributed by atoms with Crippen molar-refractivity contribution in [2.24, 2.45) is 0 Å². The van der Waals surface area contributed by atoms with Crippen molar-refractivity contribution in [1.82, 2.24) is 24.7 Å². The SMILES string of the molecule is CCn1cc(-c2nc(Cl)nc(N3CCCCC3)n2)cn1. The van der Waals surface area contributed by atoms with Gasteiger partial charge in [-0.25, -0.2) is 0 Å². The Bertz CT molecular complexity index is 590. The van der Waals surface area contributed by atoms with Crippen LogP contribution in [0.3, 0.4) is 0 Å². The fourth-order valence-corrected chi connectivity index (χ4v) is 2.51. The molecule has 3 rings (SSSR count). The minimum atomic E-state index is 0.236. The zero-order valence-corrected chi connectivity index (χ0v) is 12.2. The minimum Gasteiger partial charge on any atom is -0.341 e. The van der Waals surface area contributed by atoms with Crippen LogP contribution in [0, 0.1) is 0 Å². The Hall–Kier alpha value is -1.69. The van der Waals surface area contributed by atoms with E-state index in [1.54, 1.807) is 6.20 Å². The number of aryl methyl sites for hydroxylation is 1. The van der Waals surface area contributed by atoms with Crippen LogP contribution in [0.25, 0.3) is 11.4 Å². The first-order valence-corrected chi connectivity index (χ1v) is 7.33. The maximum Gasteiger partial charge on any atom is 0.230 e. The molecule has 1 saturated heterocycles. The molecule has 0 atom stereocenters. The maximum atomic E-state index is 6.04. The lowest BCUT2D eigenvalue weighted by Crippen LogP contribution is -2.31. The van der Waals surface area contributed by atoms with Crippen molar-refractivity contribution >= 4 is 17.5 Å². The van der Waals surface area contributed by atoms with Gasteiger partial charge in [0, 0.05) is 25.8 Å². The third-order valence-corrected chi connectivity index (χ3v) is 3.62. The number of rotatable bonds is 3. The van der Waals surface area contributed by atoms with Crippen molar-refractivity contribution in [2.45, 2.75) is 32.7 Å². The highest BCUT2D eigenvalue weighted by atomic mass is 35.5. The van der Waals surface area contributed by atoms with Crippen molar-refractivity contribution in [2.75, 3.05) is 18.0 Å². The van der Waals surface area contributed by atoms with E-state index < -0.39 is 0 Å². The van der Waals surface area contributed by atoms with E-state index in [9.17, 15) is 0 Å². The molecule has 0 radical (unpaired) electrons. The van der Waals surface area contributed by atoms with Crippen molar-refractivity contribution in [3.05, 3.63) is 17.7 Å². The number of halogens is 1. The summed E-state index contributed by atoms with van der Waals surface area (Å²) >= 11 is 6.04. The quantitative estimate of drug-likeness (QED) is 0.869. The molecule has 2 aromatic rings. The summed E-state index contributed by atoms with van der Waals surface area (Å²) in [4.78, 5) is 15.2. The van der Waals surface area contributed by atoms with E-state index in [-0.39, 0.29) is 5.28 Å². The molecule has 0 spiro atoms. The second kappa shape index (κ2) is 5.75. The Kier molecular flexibility index (Phi) is 3.82. The molecule has 1 fully saturated rings. The minimum absolute atomic E-state index is 0.236. The molecule has 0 aromatic carbocycles. The molecule has 2 aromatic heterocycles. The molecule has 0 bridgehead atoms. The van der Waals surface area contributed by atoms with Gasteiger partial charge in [0.05, 0.1) is 11.8 Å². The summed E-state index contributed by atoms with van der Waals surface area (Å²) in [6.07, 6.45) is 7.30. The average Bonchev–Trinajstić information content (AvgIpc) is 2.96. The molecular weight excluding hydrogens is 276 g/mol. The van der Waals surface area contributed by atoms with E-state index in [0.29, 0.717) is 11.8 Å². The molecule has 6 nitrogen and oxygen atoms in total. The van der Waals surface area contributed by atoms with Gasteiger partial charge in [0.25, 0.3) is 0 Å². The molecule has 1 aliphatic rings. The molecule has 0 unspecified atom stereocenters. The second-order valence-electron chi connectivity index (χ2n) is 4.86. The molecule has 0 aliphatic carbocycles. The Balaban J connectivity index is 1.93. The van der Waals surface area contributed by atoms with E-state index in [1.807, 2.05) is 17.8 Å². The number of piperidine rings is 1. The van der Waals surface area contributed by atoms with E-state index in [2.05, 4.69) is 25.0 Å². The van der Waals surface area contributed by atoms with Gasteiger partial charge in [-0.2, -0.15) is 20.1 Å². The smallest absolute Gasteiger partial charge is 0.230 e. The Morgan fingerprint density at radius 3 is 2.65 bits per heavy atom. The summed E-state index contributed by atoms with van der Waals surface area (Å²) in [5.41, 5.74) is 0.870. The topological polar surface area (TPSA) is 59.7 Å². The van der Waals surface area contributed by atoms with Crippen LogP contribution in [0.1, 0.15) is 26.2 Å². The number of nitrogens with zero attached hydrogens (tertiary/aromatic N) is 6. The molecule has 0 saturated carbocycles. The summed E-state index contributed by atoms with van der Waals surface area (Å²) in [5.74, 6) is 1.26. The summed E-state index contributed by atoms with van der Waals surface area (Å²) in [6, 6.07) is 0. The van der Waals surface area contributed by atoms with Crippen molar-refractivity contribution in [3.63, 3.8) is 0 Å². The number of aromatic nitrogens is 5. The lowest BCUT2D eigenvalue weighted by atomic mass is 10.1. The third-order valence-electron chi connectivity index (χ3n) is 3.45. The fraction of sp³-hybridized carbons (Fsp3) is 0.538. The summed E-state index contributed by atoms with van der Waals surface area (Å²) in [5, 5.41) is 4.48. The van der Waals surface area contributed by atoms with Crippen molar-refractivity contribution in [1.29, 1.82) is 0 Å². The van der Waals surface area contributed by atoms with Gasteiger partial charge in [-0.1, -0.05) is 0 Å². The summed E-state index contributed by atoms with van der Waals surface area (Å²) in [6.45, 7) is 4.82. The first-order valence-electron chi connectivity index (χ1n) is 6.95. The van der Waals surface area contributed by atoms with Crippen molar-refractivity contribution in [3.8, 4) is 11.4 Å². The highest BCUT2D eigenvalue weighted by Crippen LogP contribution is 2.21. The number of anilines is 1. The molecule has 20 heavy (non-hydrogen) atoms. The zero-order valence-electron chi connectivity index (χ0n) is 11.5. The van der Waals surface area contributed by atoms with Gasteiger partial charge >= 0.3 is 0 Å². The molecule has 0 N–H and O–H groups in total. The van der Waals surface area contributed by atoms with Gasteiger partial charge in [-0.05, 0) is 37.8 Å². The first-order chi connectivity index (χ1) is 9.76. The Morgan fingerprint density at radius 2 is 1.95 bits per heavy atom. The van der Waals surface area contributed by atoms with Crippen LogP contribution in [-0.2, 0) is 6.54 Å². The molecule has 0 amide bonds. The van der Waals surface area contributed by atoms with Crippen LogP contribution in [0.5, 0.6) is 0 Å². The Labute approximate surface area is 122 Å². The van der Waals surface area contributed by atoms with Crippen LogP contribution < -0.4 is 4.90 Å². The number of hydrogen-bond donors (Lipinski definition) is 0. The van der Waals surface area contributed by atoms with Gasteiger partial charge < -0.3 is 4.90 Å². The maximum absolute atomic E-state index is 6.04.